The minimum absolute atomic E-state index is 0.190. The van der Waals surface area contributed by atoms with Crippen molar-refractivity contribution in [3.63, 3.8) is 0 Å². The van der Waals surface area contributed by atoms with E-state index in [0.29, 0.717) is 31.9 Å². The summed E-state index contributed by atoms with van der Waals surface area (Å²) in [6, 6.07) is 8.96. The molecule has 0 spiro atoms. The van der Waals surface area contributed by atoms with Crippen molar-refractivity contribution in [3.8, 4) is 0 Å². The lowest BCUT2D eigenvalue weighted by molar-refractivity contribution is -1.00. The Morgan fingerprint density at radius 3 is 1.83 bits per heavy atom. The second kappa shape index (κ2) is 9.53. The summed E-state index contributed by atoms with van der Waals surface area (Å²) >= 11 is 0. The van der Waals surface area contributed by atoms with Crippen LogP contribution in [0.2, 0.25) is 0 Å². The summed E-state index contributed by atoms with van der Waals surface area (Å²) in [5.74, 6) is -2.85. The van der Waals surface area contributed by atoms with Crippen LogP contribution in [0.15, 0.2) is 42.5 Å². The maximum Gasteiger partial charge on any atom is 0.279 e. The Labute approximate surface area is 166 Å². The van der Waals surface area contributed by atoms with Gasteiger partial charge in [0.2, 0.25) is 0 Å². The van der Waals surface area contributed by atoms with Crippen LogP contribution in [0, 0.1) is 17.5 Å². The highest BCUT2D eigenvalue weighted by Gasteiger charge is 2.26. The zero-order valence-electron chi connectivity index (χ0n) is 15.7. The second-order valence-corrected chi connectivity index (χ2v) is 7.09. The number of halogens is 3. The number of hydrogen-bond donors (Lipinski definition) is 4. The number of quaternary nitrogens is 2. The number of amides is 2. The average Bonchev–Trinajstić information content (AvgIpc) is 2.66. The van der Waals surface area contributed by atoms with E-state index in [0.717, 1.165) is 21.9 Å². The molecule has 0 saturated carbocycles. The average molecular weight is 408 g/mol. The van der Waals surface area contributed by atoms with Gasteiger partial charge in [0.05, 0.1) is 0 Å². The number of hydrogen-bond acceptors (Lipinski definition) is 2. The molecule has 1 fully saturated rings. The summed E-state index contributed by atoms with van der Waals surface area (Å²) in [7, 11) is 0. The highest BCUT2D eigenvalue weighted by Crippen LogP contribution is 2.12. The molecule has 0 atom stereocenters. The number of rotatable bonds is 6. The molecule has 154 valence electrons. The summed E-state index contributed by atoms with van der Waals surface area (Å²) < 4.78 is 39.3. The molecule has 1 aliphatic rings. The number of piperazine rings is 1. The molecule has 6 nitrogen and oxygen atoms in total. The summed E-state index contributed by atoms with van der Waals surface area (Å²) in [4.78, 5) is 26.4. The number of carbonyl (C=O) groups is 2. The van der Waals surface area contributed by atoms with Crippen LogP contribution in [0.4, 0.5) is 24.5 Å². The summed E-state index contributed by atoms with van der Waals surface area (Å²) in [6.07, 6.45) is 0. The number of carbonyl (C=O) groups excluding carboxylic acids is 2. The van der Waals surface area contributed by atoms with Crippen LogP contribution in [0.3, 0.4) is 0 Å². The third kappa shape index (κ3) is 6.30. The Bertz CT molecular complexity index is 886. The van der Waals surface area contributed by atoms with Gasteiger partial charge in [0, 0.05) is 17.4 Å². The first-order chi connectivity index (χ1) is 13.9. The summed E-state index contributed by atoms with van der Waals surface area (Å²) in [5, 5.41) is 5.25. The Morgan fingerprint density at radius 2 is 1.31 bits per heavy atom. The quantitative estimate of drug-likeness (QED) is 0.519. The van der Waals surface area contributed by atoms with Crippen LogP contribution in [0.5, 0.6) is 0 Å². The summed E-state index contributed by atoms with van der Waals surface area (Å²) in [6.45, 7) is 3.31. The van der Waals surface area contributed by atoms with Crippen LogP contribution in [-0.2, 0) is 9.59 Å². The van der Waals surface area contributed by atoms with Crippen molar-refractivity contribution < 1.29 is 32.6 Å². The lowest BCUT2D eigenvalue weighted by atomic mass is 10.2. The van der Waals surface area contributed by atoms with Gasteiger partial charge < -0.3 is 20.4 Å². The fourth-order valence-corrected chi connectivity index (χ4v) is 3.32. The smallest absolute Gasteiger partial charge is 0.279 e. The minimum Gasteiger partial charge on any atom is -0.321 e. The molecule has 2 aromatic carbocycles. The van der Waals surface area contributed by atoms with E-state index in [-0.39, 0.29) is 30.6 Å². The number of benzene rings is 2. The highest BCUT2D eigenvalue weighted by molar-refractivity contribution is 5.92. The van der Waals surface area contributed by atoms with Crippen molar-refractivity contribution in [2.45, 2.75) is 0 Å². The topological polar surface area (TPSA) is 67.1 Å². The van der Waals surface area contributed by atoms with Gasteiger partial charge in [-0.25, -0.2) is 13.2 Å². The molecule has 0 bridgehead atoms. The van der Waals surface area contributed by atoms with Gasteiger partial charge in [0.1, 0.15) is 32.0 Å². The van der Waals surface area contributed by atoms with Gasteiger partial charge in [-0.05, 0) is 30.3 Å². The number of nitrogens with one attached hydrogen (secondary N) is 4. The largest absolute Gasteiger partial charge is 0.321 e. The van der Waals surface area contributed by atoms with Gasteiger partial charge in [-0.1, -0.05) is 6.07 Å². The van der Waals surface area contributed by atoms with Gasteiger partial charge in [-0.3, -0.25) is 9.59 Å². The lowest BCUT2D eigenvalue weighted by Crippen LogP contribution is -3.28. The zero-order chi connectivity index (χ0) is 20.8. The van der Waals surface area contributed by atoms with Crippen molar-refractivity contribution in [2.75, 3.05) is 49.9 Å². The number of anilines is 2. The van der Waals surface area contributed by atoms with E-state index in [1.807, 2.05) is 0 Å². The van der Waals surface area contributed by atoms with Crippen molar-refractivity contribution >= 4 is 23.2 Å². The molecule has 29 heavy (non-hydrogen) atoms. The molecule has 1 aliphatic heterocycles. The maximum atomic E-state index is 13.2. The molecule has 2 amide bonds. The van der Waals surface area contributed by atoms with Gasteiger partial charge in [0.15, 0.2) is 24.7 Å². The molecular weight excluding hydrogens is 385 g/mol. The van der Waals surface area contributed by atoms with E-state index in [1.165, 1.54) is 24.3 Å². The van der Waals surface area contributed by atoms with Gasteiger partial charge in [0.25, 0.3) is 11.8 Å². The van der Waals surface area contributed by atoms with Crippen LogP contribution in [0.1, 0.15) is 0 Å². The third-order valence-electron chi connectivity index (χ3n) is 4.80. The SMILES string of the molecule is O=C(C[NH+]1CC[NH+](CC(=O)Nc2ccc(F)c(F)c2)CC1)Nc1cccc(F)c1. The van der Waals surface area contributed by atoms with E-state index in [2.05, 4.69) is 10.6 Å². The van der Waals surface area contributed by atoms with Crippen LogP contribution < -0.4 is 20.4 Å². The predicted molar refractivity (Wildman–Crippen MR) is 101 cm³/mol. The molecule has 1 heterocycles. The van der Waals surface area contributed by atoms with Gasteiger partial charge in [-0.15, -0.1) is 0 Å². The Kier molecular flexibility index (Phi) is 6.84. The van der Waals surface area contributed by atoms with Gasteiger partial charge in [-0.2, -0.15) is 0 Å². The first-order valence-electron chi connectivity index (χ1n) is 9.36. The first-order valence-corrected chi connectivity index (χ1v) is 9.36. The van der Waals surface area contributed by atoms with Crippen molar-refractivity contribution in [1.82, 2.24) is 0 Å². The molecule has 0 aromatic heterocycles. The Hall–Kier alpha value is -2.91. The molecule has 3 rings (SSSR count). The predicted octanol–water partition coefficient (Wildman–Crippen LogP) is -0.535. The first kappa shape index (κ1) is 20.8. The van der Waals surface area contributed by atoms with E-state index in [4.69, 9.17) is 0 Å². The molecule has 9 heteroatoms. The molecule has 1 saturated heterocycles. The van der Waals surface area contributed by atoms with E-state index in [1.54, 1.807) is 6.07 Å². The zero-order valence-corrected chi connectivity index (χ0v) is 15.7. The van der Waals surface area contributed by atoms with E-state index < -0.39 is 17.5 Å². The van der Waals surface area contributed by atoms with Crippen molar-refractivity contribution in [1.29, 1.82) is 0 Å². The molecule has 4 N–H and O–H groups in total. The molecule has 2 aromatic rings. The van der Waals surface area contributed by atoms with Crippen molar-refractivity contribution in [3.05, 3.63) is 59.9 Å². The standard InChI is InChI=1S/C20H21F3N4O2/c21-14-2-1-3-15(10-14)24-19(28)12-26-6-8-27(9-7-26)13-20(29)25-16-4-5-17(22)18(23)11-16/h1-5,10-11H,6-9,12-13H2,(H,24,28)(H,25,29)/p+2. The lowest BCUT2D eigenvalue weighted by Gasteiger charge is -2.28. The van der Waals surface area contributed by atoms with Crippen LogP contribution >= 0.6 is 0 Å². The normalized spacial score (nSPS) is 18.9. The van der Waals surface area contributed by atoms with E-state index in [9.17, 15) is 22.8 Å². The second-order valence-electron chi connectivity index (χ2n) is 7.09. The summed E-state index contributed by atoms with van der Waals surface area (Å²) in [5.41, 5.74) is 0.638. The third-order valence-corrected chi connectivity index (χ3v) is 4.80. The molecule has 0 radical (unpaired) electrons. The maximum absolute atomic E-state index is 13.2. The van der Waals surface area contributed by atoms with Crippen LogP contribution in [-0.4, -0.2) is 51.1 Å². The molecular formula is C20H23F3N4O2+2. The Morgan fingerprint density at radius 1 is 0.759 bits per heavy atom. The van der Waals surface area contributed by atoms with Crippen LogP contribution in [0.25, 0.3) is 0 Å². The van der Waals surface area contributed by atoms with E-state index >= 15 is 0 Å². The van der Waals surface area contributed by atoms with Crippen molar-refractivity contribution in [2.24, 2.45) is 0 Å². The molecule has 0 unspecified atom stereocenters. The Balaban J connectivity index is 1.40. The van der Waals surface area contributed by atoms with Gasteiger partial charge >= 0.3 is 0 Å². The molecule has 0 aliphatic carbocycles. The minimum atomic E-state index is -1.01. The highest BCUT2D eigenvalue weighted by atomic mass is 19.2. The fraction of sp³-hybridized carbons (Fsp3) is 0.300. The fourth-order valence-electron chi connectivity index (χ4n) is 3.32. The monoisotopic (exact) mass is 408 g/mol.